The summed E-state index contributed by atoms with van der Waals surface area (Å²) < 4.78 is 19.3. The summed E-state index contributed by atoms with van der Waals surface area (Å²) in [6.07, 6.45) is 1.61. The second-order valence-electron chi connectivity index (χ2n) is 4.28. The second-order valence-corrected chi connectivity index (χ2v) is 4.28. The summed E-state index contributed by atoms with van der Waals surface area (Å²) in [7, 11) is 0. The molecule has 0 aliphatic rings. The van der Waals surface area contributed by atoms with Crippen molar-refractivity contribution in [3.63, 3.8) is 0 Å². The number of hydrogen-bond acceptors (Lipinski definition) is 4. The van der Waals surface area contributed by atoms with Crippen LogP contribution < -0.4 is 11.1 Å². The van der Waals surface area contributed by atoms with Gasteiger partial charge in [0.2, 0.25) is 0 Å². The molecule has 1 N–H and O–H groups in total. The molecule has 0 fully saturated rings. The molecule has 0 bridgehead atoms. The Bertz CT molecular complexity index is 777. The maximum atomic E-state index is 12.8. The highest BCUT2D eigenvalue weighted by Crippen LogP contribution is 2.10. The summed E-state index contributed by atoms with van der Waals surface area (Å²) in [6.45, 7) is 0.928. The van der Waals surface area contributed by atoms with E-state index < -0.39 is 5.76 Å². The first-order chi connectivity index (χ1) is 9.74. The molecule has 5 nitrogen and oxygen atoms in total. The van der Waals surface area contributed by atoms with Crippen molar-refractivity contribution >= 4 is 16.9 Å². The molecule has 2 aromatic heterocycles. The minimum atomic E-state index is -0.431. The lowest BCUT2D eigenvalue weighted by Crippen LogP contribution is -2.19. The van der Waals surface area contributed by atoms with E-state index in [9.17, 15) is 9.18 Å². The van der Waals surface area contributed by atoms with E-state index in [1.807, 2.05) is 0 Å². The standard InChI is InChI=1S/C14H12FN3O2/c15-10-3-5-11(6-4-10)16-8-9-18-13-12(20-14(18)19)2-1-7-17-13/h1-7,16H,8-9H2. The molecule has 20 heavy (non-hydrogen) atoms. The van der Waals surface area contributed by atoms with Gasteiger partial charge in [-0.1, -0.05) is 0 Å². The Kier molecular flexibility index (Phi) is 3.20. The van der Waals surface area contributed by atoms with Crippen LogP contribution in [0.4, 0.5) is 10.1 Å². The maximum absolute atomic E-state index is 12.8. The summed E-state index contributed by atoms with van der Waals surface area (Å²) in [5.74, 6) is -0.712. The van der Waals surface area contributed by atoms with E-state index in [0.717, 1.165) is 5.69 Å². The Hall–Kier alpha value is -2.63. The lowest BCUT2D eigenvalue weighted by atomic mass is 10.3. The van der Waals surface area contributed by atoms with Gasteiger partial charge in [-0.15, -0.1) is 0 Å². The number of anilines is 1. The molecule has 1 aromatic carbocycles. The van der Waals surface area contributed by atoms with E-state index in [1.54, 1.807) is 30.5 Å². The average Bonchev–Trinajstić information content (AvgIpc) is 2.77. The van der Waals surface area contributed by atoms with Crippen molar-refractivity contribution < 1.29 is 8.81 Å². The number of hydrogen-bond donors (Lipinski definition) is 1. The first kappa shape index (κ1) is 12.4. The second kappa shape index (κ2) is 5.16. The van der Waals surface area contributed by atoms with Crippen LogP contribution in [0.5, 0.6) is 0 Å². The smallest absolute Gasteiger partial charge is 0.406 e. The van der Waals surface area contributed by atoms with Crippen LogP contribution in [0.2, 0.25) is 0 Å². The van der Waals surface area contributed by atoms with Crippen LogP contribution in [0.15, 0.2) is 51.8 Å². The number of nitrogens with zero attached hydrogens (tertiary/aromatic N) is 2. The largest absolute Gasteiger partial charge is 0.421 e. The minimum absolute atomic E-state index is 0.281. The number of pyridine rings is 1. The number of benzene rings is 1. The molecule has 0 radical (unpaired) electrons. The summed E-state index contributed by atoms with van der Waals surface area (Å²) in [5, 5.41) is 3.11. The molecule has 0 atom stereocenters. The van der Waals surface area contributed by atoms with E-state index in [1.165, 1.54) is 16.7 Å². The van der Waals surface area contributed by atoms with Gasteiger partial charge in [-0.05, 0) is 36.4 Å². The number of nitrogens with one attached hydrogen (secondary N) is 1. The fourth-order valence-corrected chi connectivity index (χ4v) is 1.98. The molecule has 3 aromatic rings. The molecule has 0 aliphatic heterocycles. The van der Waals surface area contributed by atoms with Crippen LogP contribution in [0.3, 0.4) is 0 Å². The third kappa shape index (κ3) is 2.40. The third-order valence-electron chi connectivity index (χ3n) is 2.93. The summed E-state index contributed by atoms with van der Waals surface area (Å²) in [6, 6.07) is 9.46. The van der Waals surface area contributed by atoms with Gasteiger partial charge >= 0.3 is 5.76 Å². The number of aromatic nitrogens is 2. The molecule has 6 heteroatoms. The number of halogens is 1. The molecule has 102 valence electrons. The summed E-state index contributed by atoms with van der Waals surface area (Å²) in [4.78, 5) is 15.8. The topological polar surface area (TPSA) is 60.1 Å². The number of rotatable bonds is 4. The van der Waals surface area contributed by atoms with Crippen LogP contribution in [-0.2, 0) is 6.54 Å². The van der Waals surface area contributed by atoms with Crippen molar-refractivity contribution in [2.45, 2.75) is 6.54 Å². The average molecular weight is 273 g/mol. The SMILES string of the molecule is O=c1oc2cccnc2n1CCNc1ccc(F)cc1. The first-order valence-corrected chi connectivity index (χ1v) is 6.18. The molecular formula is C14H12FN3O2. The Morgan fingerprint density at radius 1 is 1.25 bits per heavy atom. The Labute approximate surface area is 113 Å². The zero-order valence-electron chi connectivity index (χ0n) is 10.5. The van der Waals surface area contributed by atoms with Crippen LogP contribution in [0.1, 0.15) is 0 Å². The van der Waals surface area contributed by atoms with Crippen LogP contribution in [0.25, 0.3) is 11.2 Å². The number of fused-ring (bicyclic) bond motifs is 1. The maximum Gasteiger partial charge on any atom is 0.421 e. The normalized spacial score (nSPS) is 10.8. The fourth-order valence-electron chi connectivity index (χ4n) is 1.98. The highest BCUT2D eigenvalue weighted by molar-refractivity contribution is 5.67. The molecule has 0 amide bonds. The monoisotopic (exact) mass is 273 g/mol. The van der Waals surface area contributed by atoms with Gasteiger partial charge in [0.05, 0.1) is 0 Å². The molecule has 0 aliphatic carbocycles. The van der Waals surface area contributed by atoms with E-state index in [-0.39, 0.29) is 5.82 Å². The zero-order valence-corrected chi connectivity index (χ0v) is 10.5. The van der Waals surface area contributed by atoms with E-state index in [0.29, 0.717) is 24.3 Å². The summed E-state index contributed by atoms with van der Waals surface area (Å²) in [5.41, 5.74) is 1.79. The van der Waals surface area contributed by atoms with Crippen molar-refractivity contribution in [3.8, 4) is 0 Å². The van der Waals surface area contributed by atoms with Crippen molar-refractivity contribution in [2.75, 3.05) is 11.9 Å². The fraction of sp³-hybridized carbons (Fsp3) is 0.143. The van der Waals surface area contributed by atoms with E-state index >= 15 is 0 Å². The van der Waals surface area contributed by atoms with Gasteiger partial charge in [-0.25, -0.2) is 14.2 Å². The first-order valence-electron chi connectivity index (χ1n) is 6.18. The highest BCUT2D eigenvalue weighted by Gasteiger charge is 2.08. The summed E-state index contributed by atoms with van der Waals surface area (Å²) >= 11 is 0. The van der Waals surface area contributed by atoms with E-state index in [2.05, 4.69) is 10.3 Å². The van der Waals surface area contributed by atoms with Crippen molar-refractivity contribution in [3.05, 3.63) is 59.0 Å². The van der Waals surface area contributed by atoms with Gasteiger partial charge in [-0.3, -0.25) is 4.57 Å². The number of oxazole rings is 1. The molecule has 3 rings (SSSR count). The lowest BCUT2D eigenvalue weighted by molar-refractivity contribution is 0.509. The van der Waals surface area contributed by atoms with Crippen LogP contribution in [0, 0.1) is 5.82 Å². The van der Waals surface area contributed by atoms with Crippen LogP contribution in [-0.4, -0.2) is 16.1 Å². The Balaban J connectivity index is 1.72. The van der Waals surface area contributed by atoms with Crippen molar-refractivity contribution in [2.24, 2.45) is 0 Å². The molecular weight excluding hydrogens is 261 g/mol. The van der Waals surface area contributed by atoms with E-state index in [4.69, 9.17) is 4.42 Å². The highest BCUT2D eigenvalue weighted by atomic mass is 19.1. The zero-order chi connectivity index (χ0) is 13.9. The van der Waals surface area contributed by atoms with Gasteiger partial charge < -0.3 is 9.73 Å². The van der Waals surface area contributed by atoms with Gasteiger partial charge in [0.1, 0.15) is 5.82 Å². The Morgan fingerprint density at radius 3 is 2.85 bits per heavy atom. The van der Waals surface area contributed by atoms with Crippen LogP contribution >= 0.6 is 0 Å². The molecule has 0 saturated carbocycles. The van der Waals surface area contributed by atoms with Crippen molar-refractivity contribution in [1.29, 1.82) is 0 Å². The third-order valence-corrected chi connectivity index (χ3v) is 2.93. The van der Waals surface area contributed by atoms with Gasteiger partial charge in [0.25, 0.3) is 0 Å². The lowest BCUT2D eigenvalue weighted by Gasteiger charge is -2.06. The molecule has 0 saturated heterocycles. The minimum Gasteiger partial charge on any atom is -0.406 e. The molecule has 2 heterocycles. The molecule has 0 spiro atoms. The van der Waals surface area contributed by atoms with Gasteiger partial charge in [0.15, 0.2) is 11.2 Å². The van der Waals surface area contributed by atoms with Gasteiger partial charge in [0, 0.05) is 25.0 Å². The predicted molar refractivity (Wildman–Crippen MR) is 73.2 cm³/mol. The molecule has 0 unspecified atom stereocenters. The van der Waals surface area contributed by atoms with Gasteiger partial charge in [-0.2, -0.15) is 0 Å². The Morgan fingerprint density at radius 2 is 2.05 bits per heavy atom. The van der Waals surface area contributed by atoms with Crippen molar-refractivity contribution in [1.82, 2.24) is 9.55 Å². The predicted octanol–water partition coefficient (Wildman–Crippen LogP) is 2.24. The quantitative estimate of drug-likeness (QED) is 0.792.